The van der Waals surface area contributed by atoms with E-state index < -0.39 is 12.1 Å². The quantitative estimate of drug-likeness (QED) is 0.342. The molecule has 3 atom stereocenters. The van der Waals surface area contributed by atoms with Gasteiger partial charge in [0.15, 0.2) is 0 Å². The van der Waals surface area contributed by atoms with Gasteiger partial charge < -0.3 is 24.1 Å². The molecule has 2 heterocycles. The van der Waals surface area contributed by atoms with Crippen LogP contribution in [0.2, 0.25) is 5.02 Å². The summed E-state index contributed by atoms with van der Waals surface area (Å²) < 4.78 is 39.0. The maximum atomic E-state index is 15.4. The summed E-state index contributed by atoms with van der Waals surface area (Å²) in [6, 6.07) is 10.8. The molecule has 8 heteroatoms. The molecule has 1 fully saturated rings. The Kier molecular flexibility index (Phi) is 6.89. The van der Waals surface area contributed by atoms with Crippen LogP contribution < -0.4 is 14.2 Å². The lowest BCUT2D eigenvalue weighted by atomic mass is 9.90. The zero-order valence-electron chi connectivity index (χ0n) is 21.9. The van der Waals surface area contributed by atoms with Gasteiger partial charge in [0.05, 0.1) is 31.3 Å². The summed E-state index contributed by atoms with van der Waals surface area (Å²) in [6.45, 7) is 5.68. The third kappa shape index (κ3) is 4.94. The Morgan fingerprint density at radius 2 is 1.85 bits per heavy atom. The highest BCUT2D eigenvalue weighted by Gasteiger charge is 2.33. The van der Waals surface area contributed by atoms with Gasteiger partial charge in [0.25, 0.3) is 0 Å². The number of ether oxygens (including phenoxy) is 4. The van der Waals surface area contributed by atoms with Gasteiger partial charge in [-0.15, -0.1) is 0 Å². The number of halogens is 2. The van der Waals surface area contributed by atoms with Gasteiger partial charge in [-0.25, -0.2) is 4.39 Å². The number of fused-ring (bicyclic) bond motifs is 2. The smallest absolute Gasteiger partial charge is 0.304 e. The van der Waals surface area contributed by atoms with Gasteiger partial charge in [0.1, 0.15) is 35.3 Å². The summed E-state index contributed by atoms with van der Waals surface area (Å²) >= 11 is 6.70. The van der Waals surface area contributed by atoms with Crippen LogP contribution in [0.15, 0.2) is 36.4 Å². The summed E-state index contributed by atoms with van der Waals surface area (Å²) in [7, 11) is 0. The van der Waals surface area contributed by atoms with Crippen LogP contribution in [0.1, 0.15) is 59.1 Å². The average molecular weight is 553 g/mol. The first-order valence-electron chi connectivity index (χ1n) is 13.3. The van der Waals surface area contributed by atoms with E-state index in [-0.39, 0.29) is 24.3 Å². The molecule has 2 aliphatic heterocycles. The topological polar surface area (TPSA) is 74.2 Å². The van der Waals surface area contributed by atoms with Crippen LogP contribution in [0.5, 0.6) is 17.2 Å². The first-order valence-corrected chi connectivity index (χ1v) is 13.7. The lowest BCUT2D eigenvalue weighted by molar-refractivity contribution is -0.137. The highest BCUT2D eigenvalue weighted by molar-refractivity contribution is 6.33. The monoisotopic (exact) mass is 552 g/mol. The maximum Gasteiger partial charge on any atom is 0.304 e. The number of aliphatic carboxylic acids is 1. The summed E-state index contributed by atoms with van der Waals surface area (Å²) in [5.41, 5.74) is 6.11. The predicted octanol–water partition coefficient (Wildman–Crippen LogP) is 6.95. The number of carboxylic acids is 1. The lowest BCUT2D eigenvalue weighted by Gasteiger charge is -2.21. The van der Waals surface area contributed by atoms with Crippen LogP contribution in [0.3, 0.4) is 0 Å². The van der Waals surface area contributed by atoms with Crippen LogP contribution in [0, 0.1) is 19.7 Å². The fourth-order valence-electron chi connectivity index (χ4n) is 6.16. The Bertz CT molecular complexity index is 1420. The summed E-state index contributed by atoms with van der Waals surface area (Å²) in [5, 5.41) is 9.54. The number of hydrogen-bond acceptors (Lipinski definition) is 5. The molecule has 6 nitrogen and oxygen atoms in total. The van der Waals surface area contributed by atoms with Crippen LogP contribution >= 0.6 is 11.6 Å². The molecule has 3 aromatic rings. The van der Waals surface area contributed by atoms with Crippen molar-refractivity contribution in [3.8, 4) is 28.4 Å². The highest BCUT2D eigenvalue weighted by Crippen LogP contribution is 2.47. The number of hydrogen-bond donors (Lipinski definition) is 1. The van der Waals surface area contributed by atoms with Gasteiger partial charge in [-0.05, 0) is 73.2 Å². The molecule has 204 valence electrons. The molecule has 1 N–H and O–H groups in total. The third-order valence-electron chi connectivity index (χ3n) is 7.87. The van der Waals surface area contributed by atoms with E-state index in [1.54, 1.807) is 12.1 Å². The van der Waals surface area contributed by atoms with Gasteiger partial charge in [0, 0.05) is 35.1 Å². The standard InChI is InChI=1S/C31H30ClFO6/c1-16-9-21(38-20-7-8-36-15-20)10-17(2)29(16)30-23-5-6-26(31(23)25(33)13-24(30)32)39-19-3-4-22-18(11-28(34)35)14-37-27(22)12-19/h3-4,9-10,12-13,18,20,26H,5-8,11,14-15H2,1-2H3,(H,34,35)/t18-,20-,26-/m1/s1. The zero-order valence-corrected chi connectivity index (χ0v) is 22.6. The van der Waals surface area contributed by atoms with E-state index in [9.17, 15) is 4.79 Å². The normalized spacial score (nSPS) is 21.4. The van der Waals surface area contributed by atoms with Gasteiger partial charge in [0.2, 0.25) is 0 Å². The van der Waals surface area contributed by atoms with Gasteiger partial charge in [-0.1, -0.05) is 17.7 Å². The molecule has 3 aliphatic rings. The van der Waals surface area contributed by atoms with Gasteiger partial charge >= 0.3 is 5.97 Å². The molecule has 0 unspecified atom stereocenters. The number of carbonyl (C=O) groups is 1. The predicted molar refractivity (Wildman–Crippen MR) is 145 cm³/mol. The van der Waals surface area contributed by atoms with Crippen molar-refractivity contribution in [1.82, 2.24) is 0 Å². The third-order valence-corrected chi connectivity index (χ3v) is 8.16. The average Bonchev–Trinajstić information content (AvgIpc) is 3.62. The minimum absolute atomic E-state index is 0.0128. The Morgan fingerprint density at radius 3 is 2.56 bits per heavy atom. The Labute approximate surface area is 231 Å². The van der Waals surface area contributed by atoms with Crippen molar-refractivity contribution in [3.63, 3.8) is 0 Å². The molecule has 0 amide bonds. The molecular weight excluding hydrogens is 523 g/mol. The minimum Gasteiger partial charge on any atom is -0.492 e. The van der Waals surface area contributed by atoms with E-state index in [4.69, 9.17) is 35.7 Å². The second-order valence-corrected chi connectivity index (χ2v) is 11.0. The largest absolute Gasteiger partial charge is 0.492 e. The van der Waals surface area contributed by atoms with Crippen molar-refractivity contribution < 1.29 is 33.2 Å². The molecule has 0 saturated carbocycles. The summed E-state index contributed by atoms with van der Waals surface area (Å²) in [5.74, 6) is 0.549. The number of rotatable bonds is 7. The van der Waals surface area contributed by atoms with Crippen molar-refractivity contribution in [3.05, 3.63) is 75.1 Å². The Balaban J connectivity index is 1.30. The highest BCUT2D eigenvalue weighted by atomic mass is 35.5. The summed E-state index contributed by atoms with van der Waals surface area (Å²) in [6.07, 6.45) is 1.71. The number of aryl methyl sites for hydroxylation is 2. The number of carboxylic acid groups (broad SMARTS) is 1. The van der Waals surface area contributed by atoms with Crippen LogP contribution in [0.4, 0.5) is 4.39 Å². The first-order chi connectivity index (χ1) is 18.8. The van der Waals surface area contributed by atoms with Crippen molar-refractivity contribution in [2.24, 2.45) is 0 Å². The molecule has 0 radical (unpaired) electrons. The van der Waals surface area contributed by atoms with E-state index in [0.29, 0.717) is 54.7 Å². The van der Waals surface area contributed by atoms with E-state index >= 15 is 4.39 Å². The van der Waals surface area contributed by atoms with Crippen LogP contribution in [-0.2, 0) is 16.0 Å². The maximum absolute atomic E-state index is 15.4. The minimum atomic E-state index is -0.861. The molecular formula is C31H30ClFO6. The fraction of sp³-hybridized carbons (Fsp3) is 0.387. The second kappa shape index (κ2) is 10.4. The summed E-state index contributed by atoms with van der Waals surface area (Å²) in [4.78, 5) is 11.2. The lowest BCUT2D eigenvalue weighted by Crippen LogP contribution is -2.16. The molecule has 1 saturated heterocycles. The molecule has 0 bridgehead atoms. The van der Waals surface area contributed by atoms with E-state index in [2.05, 4.69) is 0 Å². The first kappa shape index (κ1) is 26.0. The number of benzene rings is 3. The van der Waals surface area contributed by atoms with E-state index in [1.807, 2.05) is 32.0 Å². The molecule has 0 aromatic heterocycles. The van der Waals surface area contributed by atoms with Crippen molar-refractivity contribution >= 4 is 17.6 Å². The van der Waals surface area contributed by atoms with Crippen molar-refractivity contribution in [2.45, 2.75) is 57.7 Å². The fourth-order valence-corrected chi connectivity index (χ4v) is 6.46. The Morgan fingerprint density at radius 1 is 1.05 bits per heavy atom. The second-order valence-electron chi connectivity index (χ2n) is 10.6. The van der Waals surface area contributed by atoms with Crippen LogP contribution in [-0.4, -0.2) is 37.0 Å². The SMILES string of the molecule is Cc1cc(O[C@@H]2CCOC2)cc(C)c1-c1c(Cl)cc(F)c2c1CC[C@H]2Oc1ccc2c(c1)OC[C@H]2CC(=O)O. The Hall–Kier alpha value is -3.29. The van der Waals surface area contributed by atoms with Gasteiger partial charge in [-0.3, -0.25) is 4.79 Å². The van der Waals surface area contributed by atoms with Crippen molar-refractivity contribution in [2.75, 3.05) is 19.8 Å². The molecule has 0 spiro atoms. The van der Waals surface area contributed by atoms with E-state index in [0.717, 1.165) is 45.6 Å². The molecule has 6 rings (SSSR count). The van der Waals surface area contributed by atoms with E-state index in [1.165, 1.54) is 6.07 Å². The van der Waals surface area contributed by atoms with Crippen LogP contribution in [0.25, 0.3) is 11.1 Å². The molecule has 1 aliphatic carbocycles. The molecule has 3 aromatic carbocycles. The molecule has 39 heavy (non-hydrogen) atoms. The van der Waals surface area contributed by atoms with Gasteiger partial charge in [-0.2, -0.15) is 0 Å². The zero-order chi connectivity index (χ0) is 27.3. The van der Waals surface area contributed by atoms with Crippen molar-refractivity contribution in [1.29, 1.82) is 0 Å².